The molecular weight excluding hydrogens is 284 g/mol. The number of fused-ring (bicyclic) bond motifs is 1. The van der Waals surface area contributed by atoms with E-state index in [0.29, 0.717) is 5.95 Å². The summed E-state index contributed by atoms with van der Waals surface area (Å²) in [7, 11) is 0. The molecule has 1 N–H and O–H groups in total. The topological polar surface area (TPSA) is 68.5 Å². The van der Waals surface area contributed by atoms with Crippen LogP contribution in [-0.2, 0) is 12.8 Å². The number of hydrogen-bond acceptors (Lipinski definition) is 6. The lowest BCUT2D eigenvalue weighted by atomic mass is 10.3. The van der Waals surface area contributed by atoms with Crippen molar-refractivity contribution < 1.29 is 0 Å². The molecule has 6 nitrogen and oxygen atoms in total. The van der Waals surface area contributed by atoms with E-state index in [-0.39, 0.29) is 0 Å². The summed E-state index contributed by atoms with van der Waals surface area (Å²) in [6, 6.07) is 2.04. The minimum absolute atomic E-state index is 0.637. The van der Waals surface area contributed by atoms with Crippen LogP contribution in [0.1, 0.15) is 32.4 Å². The standard InChI is InChI=1S/C14H18N6S/c1-4-10-16-11(5-2)20(19-10)12-9-7-8-21-13(9)18-14(17-12)15-6-3/h7-8H,4-6H2,1-3H3,(H,15,17,18). The number of rotatable bonds is 5. The highest BCUT2D eigenvalue weighted by atomic mass is 32.1. The first kappa shape index (κ1) is 13.9. The highest BCUT2D eigenvalue weighted by Crippen LogP contribution is 2.26. The van der Waals surface area contributed by atoms with Crippen LogP contribution in [0.15, 0.2) is 11.4 Å². The zero-order valence-corrected chi connectivity index (χ0v) is 13.2. The summed E-state index contributed by atoms with van der Waals surface area (Å²) in [6.07, 6.45) is 1.64. The predicted octanol–water partition coefficient (Wildman–Crippen LogP) is 2.83. The van der Waals surface area contributed by atoms with Gasteiger partial charge in [0.15, 0.2) is 11.6 Å². The molecule has 0 aliphatic rings. The first-order valence-corrected chi connectivity index (χ1v) is 8.09. The minimum atomic E-state index is 0.637. The van der Waals surface area contributed by atoms with Crippen LogP contribution in [0.25, 0.3) is 16.0 Å². The molecule has 0 aliphatic carbocycles. The average Bonchev–Trinajstić information content (AvgIpc) is 3.12. The van der Waals surface area contributed by atoms with E-state index in [1.807, 2.05) is 23.1 Å². The number of nitrogens with one attached hydrogen (secondary N) is 1. The van der Waals surface area contributed by atoms with Crippen molar-refractivity contribution in [3.8, 4) is 5.82 Å². The summed E-state index contributed by atoms with van der Waals surface area (Å²) in [6.45, 7) is 6.96. The lowest BCUT2D eigenvalue weighted by molar-refractivity contribution is 0.773. The molecule has 110 valence electrons. The van der Waals surface area contributed by atoms with Crippen LogP contribution < -0.4 is 5.32 Å². The lowest BCUT2D eigenvalue weighted by Crippen LogP contribution is -2.09. The van der Waals surface area contributed by atoms with Crippen LogP contribution in [-0.4, -0.2) is 31.3 Å². The number of aryl methyl sites for hydroxylation is 2. The Morgan fingerprint density at radius 3 is 2.71 bits per heavy atom. The van der Waals surface area contributed by atoms with Gasteiger partial charge in [-0.3, -0.25) is 0 Å². The van der Waals surface area contributed by atoms with E-state index in [1.54, 1.807) is 11.3 Å². The van der Waals surface area contributed by atoms with Crippen LogP contribution in [0, 0.1) is 0 Å². The lowest BCUT2D eigenvalue weighted by Gasteiger charge is -2.08. The molecule has 21 heavy (non-hydrogen) atoms. The Balaban J connectivity index is 2.22. The molecule has 0 amide bonds. The van der Waals surface area contributed by atoms with Crippen molar-refractivity contribution in [2.75, 3.05) is 11.9 Å². The van der Waals surface area contributed by atoms with Gasteiger partial charge < -0.3 is 5.32 Å². The smallest absolute Gasteiger partial charge is 0.226 e. The molecule has 0 aliphatic heterocycles. The fraction of sp³-hybridized carbons (Fsp3) is 0.429. The van der Waals surface area contributed by atoms with Crippen molar-refractivity contribution in [3.05, 3.63) is 23.1 Å². The Morgan fingerprint density at radius 1 is 1.14 bits per heavy atom. The van der Waals surface area contributed by atoms with Gasteiger partial charge in [-0.25, -0.2) is 9.97 Å². The Kier molecular flexibility index (Phi) is 3.83. The molecule has 0 fully saturated rings. The summed E-state index contributed by atoms with van der Waals surface area (Å²) in [5.74, 6) is 3.22. The zero-order valence-electron chi connectivity index (χ0n) is 12.4. The maximum Gasteiger partial charge on any atom is 0.226 e. The van der Waals surface area contributed by atoms with Gasteiger partial charge in [0.05, 0.1) is 5.39 Å². The maximum atomic E-state index is 4.63. The predicted molar refractivity (Wildman–Crippen MR) is 85.3 cm³/mol. The van der Waals surface area contributed by atoms with Gasteiger partial charge in [-0.2, -0.15) is 9.67 Å². The normalized spacial score (nSPS) is 11.2. The second kappa shape index (κ2) is 5.77. The molecule has 7 heteroatoms. The van der Waals surface area contributed by atoms with E-state index in [4.69, 9.17) is 0 Å². The molecule has 0 radical (unpaired) electrons. The van der Waals surface area contributed by atoms with Gasteiger partial charge in [-0.15, -0.1) is 16.4 Å². The fourth-order valence-electron chi connectivity index (χ4n) is 2.18. The molecule has 0 atom stereocenters. The fourth-order valence-corrected chi connectivity index (χ4v) is 2.94. The second-order valence-electron chi connectivity index (χ2n) is 4.60. The summed E-state index contributed by atoms with van der Waals surface area (Å²) >= 11 is 1.61. The summed E-state index contributed by atoms with van der Waals surface area (Å²) in [4.78, 5) is 14.7. The van der Waals surface area contributed by atoms with E-state index in [2.05, 4.69) is 39.2 Å². The largest absolute Gasteiger partial charge is 0.354 e. The van der Waals surface area contributed by atoms with E-state index in [1.165, 1.54) is 0 Å². The Labute approximate surface area is 127 Å². The average molecular weight is 302 g/mol. The molecule has 0 saturated carbocycles. The Morgan fingerprint density at radius 2 is 2.00 bits per heavy atom. The SMILES string of the molecule is CCNc1nc(-n2nc(CC)nc2CC)c2ccsc2n1. The van der Waals surface area contributed by atoms with Crippen molar-refractivity contribution >= 4 is 27.5 Å². The van der Waals surface area contributed by atoms with Gasteiger partial charge in [0.1, 0.15) is 10.7 Å². The van der Waals surface area contributed by atoms with Gasteiger partial charge in [-0.1, -0.05) is 13.8 Å². The Hall–Kier alpha value is -2.02. The number of nitrogens with zero attached hydrogens (tertiary/aromatic N) is 5. The van der Waals surface area contributed by atoms with Crippen LogP contribution in [0.3, 0.4) is 0 Å². The van der Waals surface area contributed by atoms with Crippen molar-refractivity contribution in [2.24, 2.45) is 0 Å². The third-order valence-electron chi connectivity index (χ3n) is 3.19. The highest BCUT2D eigenvalue weighted by molar-refractivity contribution is 7.16. The van der Waals surface area contributed by atoms with E-state index < -0.39 is 0 Å². The Bertz CT molecular complexity index is 760. The van der Waals surface area contributed by atoms with Gasteiger partial charge in [-0.05, 0) is 18.4 Å². The van der Waals surface area contributed by atoms with Crippen molar-refractivity contribution in [2.45, 2.75) is 33.6 Å². The first-order chi connectivity index (χ1) is 10.3. The quantitative estimate of drug-likeness (QED) is 0.785. The third kappa shape index (κ3) is 2.49. The van der Waals surface area contributed by atoms with Crippen molar-refractivity contribution in [1.29, 1.82) is 0 Å². The molecule has 0 bridgehead atoms. The van der Waals surface area contributed by atoms with Crippen molar-refractivity contribution in [1.82, 2.24) is 24.7 Å². The molecule has 3 aromatic rings. The second-order valence-corrected chi connectivity index (χ2v) is 5.50. The molecule has 0 aromatic carbocycles. The van der Waals surface area contributed by atoms with E-state index in [0.717, 1.165) is 47.1 Å². The number of thiophene rings is 1. The molecule has 0 spiro atoms. The molecule has 3 rings (SSSR count). The summed E-state index contributed by atoms with van der Waals surface area (Å²) in [5.41, 5.74) is 0. The molecule has 3 heterocycles. The van der Waals surface area contributed by atoms with Gasteiger partial charge in [0.2, 0.25) is 5.95 Å². The summed E-state index contributed by atoms with van der Waals surface area (Å²) < 4.78 is 1.86. The van der Waals surface area contributed by atoms with Gasteiger partial charge in [0.25, 0.3) is 0 Å². The maximum absolute atomic E-state index is 4.63. The molecular formula is C14H18N6S. The molecule has 3 aromatic heterocycles. The van der Waals surface area contributed by atoms with Crippen LogP contribution >= 0.6 is 11.3 Å². The number of anilines is 1. The summed E-state index contributed by atoms with van der Waals surface area (Å²) in [5, 5.41) is 10.8. The molecule has 0 unspecified atom stereocenters. The van der Waals surface area contributed by atoms with Crippen LogP contribution in [0.5, 0.6) is 0 Å². The first-order valence-electron chi connectivity index (χ1n) is 7.21. The third-order valence-corrected chi connectivity index (χ3v) is 4.00. The zero-order chi connectivity index (χ0) is 14.8. The van der Waals surface area contributed by atoms with Gasteiger partial charge in [0, 0.05) is 19.4 Å². The highest BCUT2D eigenvalue weighted by Gasteiger charge is 2.16. The number of hydrogen-bond donors (Lipinski definition) is 1. The minimum Gasteiger partial charge on any atom is -0.354 e. The van der Waals surface area contributed by atoms with E-state index >= 15 is 0 Å². The monoisotopic (exact) mass is 302 g/mol. The van der Waals surface area contributed by atoms with Crippen LogP contribution in [0.2, 0.25) is 0 Å². The van der Waals surface area contributed by atoms with Crippen LogP contribution in [0.4, 0.5) is 5.95 Å². The van der Waals surface area contributed by atoms with E-state index in [9.17, 15) is 0 Å². The molecule has 0 saturated heterocycles. The van der Waals surface area contributed by atoms with Gasteiger partial charge >= 0.3 is 0 Å². The number of aromatic nitrogens is 5. The van der Waals surface area contributed by atoms with Crippen molar-refractivity contribution in [3.63, 3.8) is 0 Å².